The van der Waals surface area contributed by atoms with E-state index in [1.807, 2.05) is 0 Å². The van der Waals surface area contributed by atoms with Crippen molar-refractivity contribution in [2.75, 3.05) is 0 Å². The lowest BCUT2D eigenvalue weighted by Gasteiger charge is -2.02. The van der Waals surface area contributed by atoms with Crippen LogP contribution in [0.1, 0.15) is 21.5 Å². The van der Waals surface area contributed by atoms with Crippen molar-refractivity contribution < 1.29 is 9.90 Å². The number of carboxylic acid groups (broad SMARTS) is 1. The molecule has 1 aromatic rings. The number of aromatic carboxylic acids is 1. The topological polar surface area (TPSA) is 37.3 Å². The van der Waals surface area contributed by atoms with Crippen LogP contribution in [0.25, 0.3) is 0 Å². The van der Waals surface area contributed by atoms with Crippen molar-refractivity contribution in [2.45, 2.75) is 13.8 Å². The molecule has 1 aromatic carbocycles. The second-order valence-corrected chi connectivity index (χ2v) is 2.47. The van der Waals surface area contributed by atoms with Crippen LogP contribution in [0.3, 0.4) is 0 Å². The van der Waals surface area contributed by atoms with Crippen molar-refractivity contribution in [1.29, 1.82) is 0 Å². The number of benzene rings is 1. The van der Waals surface area contributed by atoms with Crippen molar-refractivity contribution in [3.05, 3.63) is 34.9 Å². The number of rotatable bonds is 1. The molecule has 0 aliphatic heterocycles. The maximum absolute atomic E-state index is 10.6. The Labute approximate surface area is 65.5 Å². The molecule has 0 fully saturated rings. The van der Waals surface area contributed by atoms with E-state index >= 15 is 0 Å². The molecule has 0 saturated carbocycles. The van der Waals surface area contributed by atoms with Gasteiger partial charge in [-0.05, 0) is 31.0 Å². The molecule has 0 unspecified atom stereocenters. The maximum atomic E-state index is 10.6. The van der Waals surface area contributed by atoms with Gasteiger partial charge in [0.05, 0.1) is 5.56 Å². The van der Waals surface area contributed by atoms with Crippen molar-refractivity contribution in [3.8, 4) is 0 Å². The van der Waals surface area contributed by atoms with Gasteiger partial charge in [-0.1, -0.05) is 12.1 Å². The van der Waals surface area contributed by atoms with Crippen molar-refractivity contribution in [1.82, 2.24) is 0 Å². The van der Waals surface area contributed by atoms with Crippen LogP contribution < -0.4 is 0 Å². The number of hydrogen-bond donors (Lipinski definition) is 1. The molecule has 0 heterocycles. The fourth-order valence-electron chi connectivity index (χ4n) is 1.07. The van der Waals surface area contributed by atoms with Crippen LogP contribution in [-0.4, -0.2) is 11.1 Å². The highest BCUT2D eigenvalue weighted by molar-refractivity contribution is 5.90. The number of carbonyl (C=O) groups is 1. The zero-order valence-corrected chi connectivity index (χ0v) is 6.51. The minimum Gasteiger partial charge on any atom is -0.478 e. The molecule has 2 heteroatoms. The van der Waals surface area contributed by atoms with Gasteiger partial charge in [0, 0.05) is 0 Å². The van der Waals surface area contributed by atoms with E-state index in [-0.39, 0.29) is 0 Å². The molecule has 0 aliphatic rings. The molecule has 0 aliphatic carbocycles. The molecule has 1 N–H and O–H groups in total. The largest absolute Gasteiger partial charge is 0.478 e. The molecular formula is C9H9O2. The third kappa shape index (κ3) is 1.40. The van der Waals surface area contributed by atoms with Gasteiger partial charge in [-0.15, -0.1) is 0 Å². The standard InChI is InChI=1S/C9H9O2/c1-6-4-3-5-7(2)8(6)9(10)11/h3-4H,1-2H3,(H,10,11). The predicted octanol–water partition coefficient (Wildman–Crippen LogP) is 1.80. The third-order valence-corrected chi connectivity index (χ3v) is 1.62. The molecule has 0 amide bonds. The van der Waals surface area contributed by atoms with Gasteiger partial charge in [-0.25, -0.2) is 4.79 Å². The second-order valence-electron chi connectivity index (χ2n) is 2.47. The summed E-state index contributed by atoms with van der Waals surface area (Å²) < 4.78 is 0. The molecular weight excluding hydrogens is 140 g/mol. The first-order valence-electron chi connectivity index (χ1n) is 3.34. The van der Waals surface area contributed by atoms with Crippen molar-refractivity contribution in [2.24, 2.45) is 0 Å². The highest BCUT2D eigenvalue weighted by Crippen LogP contribution is 2.11. The lowest BCUT2D eigenvalue weighted by molar-refractivity contribution is 0.0695. The molecule has 0 atom stereocenters. The van der Waals surface area contributed by atoms with E-state index in [1.165, 1.54) is 0 Å². The summed E-state index contributed by atoms with van der Waals surface area (Å²) in [5.41, 5.74) is 1.85. The zero-order valence-electron chi connectivity index (χ0n) is 6.51. The average molecular weight is 149 g/mol. The molecule has 0 bridgehead atoms. The van der Waals surface area contributed by atoms with Crippen LogP contribution in [0, 0.1) is 19.9 Å². The Morgan fingerprint density at radius 2 is 2.18 bits per heavy atom. The fourth-order valence-corrected chi connectivity index (χ4v) is 1.07. The lowest BCUT2D eigenvalue weighted by Crippen LogP contribution is -2.02. The minimum atomic E-state index is -0.878. The van der Waals surface area contributed by atoms with Gasteiger partial charge in [0.25, 0.3) is 0 Å². The Bertz CT molecular complexity index is 269. The van der Waals surface area contributed by atoms with E-state index in [1.54, 1.807) is 26.0 Å². The Morgan fingerprint density at radius 1 is 1.55 bits per heavy atom. The monoisotopic (exact) mass is 149 g/mol. The summed E-state index contributed by atoms with van der Waals surface area (Å²) in [6.07, 6.45) is 0. The first kappa shape index (κ1) is 7.79. The molecule has 0 spiro atoms. The van der Waals surface area contributed by atoms with Crippen LogP contribution in [0.15, 0.2) is 12.1 Å². The van der Waals surface area contributed by atoms with Gasteiger partial charge >= 0.3 is 5.97 Å². The molecule has 57 valence electrons. The smallest absolute Gasteiger partial charge is 0.336 e. The highest BCUT2D eigenvalue weighted by Gasteiger charge is 2.08. The first-order chi connectivity index (χ1) is 5.13. The van der Waals surface area contributed by atoms with E-state index in [0.717, 1.165) is 5.56 Å². The van der Waals surface area contributed by atoms with E-state index in [0.29, 0.717) is 11.1 Å². The number of carboxylic acids is 1. The summed E-state index contributed by atoms with van der Waals surface area (Å²) in [6.45, 7) is 3.53. The summed E-state index contributed by atoms with van der Waals surface area (Å²) in [7, 11) is 0. The third-order valence-electron chi connectivity index (χ3n) is 1.62. The summed E-state index contributed by atoms with van der Waals surface area (Å²) in [5, 5.41) is 8.73. The SMILES string of the molecule is Cc1[c]ccc(C)c1C(=O)O. The molecule has 11 heavy (non-hydrogen) atoms. The van der Waals surface area contributed by atoms with Crippen LogP contribution in [0.5, 0.6) is 0 Å². The van der Waals surface area contributed by atoms with Gasteiger partial charge in [-0.3, -0.25) is 0 Å². The van der Waals surface area contributed by atoms with Crippen LogP contribution in [0.2, 0.25) is 0 Å². The van der Waals surface area contributed by atoms with Crippen LogP contribution >= 0.6 is 0 Å². The predicted molar refractivity (Wildman–Crippen MR) is 41.7 cm³/mol. The summed E-state index contributed by atoms with van der Waals surface area (Å²) in [6, 6.07) is 6.32. The minimum absolute atomic E-state index is 0.368. The Kier molecular flexibility index (Phi) is 1.94. The summed E-state index contributed by atoms with van der Waals surface area (Å²) in [5.74, 6) is -0.878. The Hall–Kier alpha value is -1.31. The van der Waals surface area contributed by atoms with Gasteiger partial charge < -0.3 is 5.11 Å². The van der Waals surface area contributed by atoms with E-state index < -0.39 is 5.97 Å². The fraction of sp³-hybridized carbons (Fsp3) is 0.222. The van der Waals surface area contributed by atoms with Gasteiger partial charge in [0.1, 0.15) is 0 Å². The van der Waals surface area contributed by atoms with E-state index in [9.17, 15) is 4.79 Å². The van der Waals surface area contributed by atoms with Crippen molar-refractivity contribution in [3.63, 3.8) is 0 Å². The maximum Gasteiger partial charge on any atom is 0.336 e. The molecule has 0 saturated heterocycles. The number of hydrogen-bond acceptors (Lipinski definition) is 1. The molecule has 1 rings (SSSR count). The summed E-state index contributed by atoms with van der Waals surface area (Å²) in [4.78, 5) is 10.6. The molecule has 1 radical (unpaired) electrons. The van der Waals surface area contributed by atoms with Gasteiger partial charge in [-0.2, -0.15) is 0 Å². The normalized spacial score (nSPS) is 9.64. The quantitative estimate of drug-likeness (QED) is 0.661. The van der Waals surface area contributed by atoms with E-state index in [2.05, 4.69) is 6.07 Å². The number of aryl methyl sites for hydroxylation is 2. The van der Waals surface area contributed by atoms with Gasteiger partial charge in [0.2, 0.25) is 0 Å². The Morgan fingerprint density at radius 3 is 2.55 bits per heavy atom. The van der Waals surface area contributed by atoms with Crippen LogP contribution in [0.4, 0.5) is 0 Å². The van der Waals surface area contributed by atoms with E-state index in [4.69, 9.17) is 5.11 Å². The average Bonchev–Trinajstić information content (AvgIpc) is 1.85. The zero-order chi connectivity index (χ0) is 8.43. The molecule has 0 aromatic heterocycles. The molecule has 2 nitrogen and oxygen atoms in total. The first-order valence-corrected chi connectivity index (χ1v) is 3.34. The second kappa shape index (κ2) is 2.74. The van der Waals surface area contributed by atoms with Crippen molar-refractivity contribution >= 4 is 5.97 Å². The van der Waals surface area contributed by atoms with Gasteiger partial charge in [0.15, 0.2) is 0 Å². The highest BCUT2D eigenvalue weighted by atomic mass is 16.4. The Balaban J connectivity index is 3.32. The summed E-state index contributed by atoms with van der Waals surface area (Å²) >= 11 is 0. The van der Waals surface area contributed by atoms with Crippen LogP contribution in [-0.2, 0) is 0 Å². The lowest BCUT2D eigenvalue weighted by atomic mass is 10.0.